The molecule has 2 N–H and O–H groups in total. The lowest BCUT2D eigenvalue weighted by Gasteiger charge is -2.32. The number of rotatable bonds is 2. The van der Waals surface area contributed by atoms with Gasteiger partial charge in [0.25, 0.3) is 0 Å². The molecule has 1 aliphatic rings. The Balaban J connectivity index is 3.26. The van der Waals surface area contributed by atoms with E-state index in [9.17, 15) is 9.59 Å². The van der Waals surface area contributed by atoms with Gasteiger partial charge in [0.05, 0.1) is 5.41 Å². The first-order valence-electron chi connectivity index (χ1n) is 4.66. The quantitative estimate of drug-likeness (QED) is 0.727. The molecular weight excluding hydrogens is 196 g/mol. The van der Waals surface area contributed by atoms with E-state index in [1.54, 1.807) is 26.8 Å². The van der Waals surface area contributed by atoms with Crippen LogP contribution in [0.15, 0.2) is 23.3 Å². The molecule has 0 fully saturated rings. The number of carboxylic acids is 2. The lowest BCUT2D eigenvalue weighted by Crippen LogP contribution is -2.37. The van der Waals surface area contributed by atoms with Crippen LogP contribution in [0.5, 0.6) is 0 Å². The van der Waals surface area contributed by atoms with Crippen LogP contribution in [0.4, 0.5) is 0 Å². The zero-order valence-electron chi connectivity index (χ0n) is 8.94. The van der Waals surface area contributed by atoms with E-state index in [-0.39, 0.29) is 5.57 Å². The van der Waals surface area contributed by atoms with Crippen molar-refractivity contribution in [3.63, 3.8) is 0 Å². The van der Waals surface area contributed by atoms with Gasteiger partial charge in [0.2, 0.25) is 0 Å². The molecule has 2 atom stereocenters. The molecule has 1 aliphatic carbocycles. The van der Waals surface area contributed by atoms with Gasteiger partial charge in [0.1, 0.15) is 0 Å². The van der Waals surface area contributed by atoms with Crippen molar-refractivity contribution in [2.45, 2.75) is 20.8 Å². The van der Waals surface area contributed by atoms with Crippen LogP contribution in [0, 0.1) is 11.3 Å². The number of hydrogen-bond donors (Lipinski definition) is 2. The van der Waals surface area contributed by atoms with Crippen LogP contribution in [0.25, 0.3) is 0 Å². The highest BCUT2D eigenvalue weighted by atomic mass is 16.4. The summed E-state index contributed by atoms with van der Waals surface area (Å²) < 4.78 is 0. The SMILES string of the molecule is CC1=CC(C)(C(=O)O)C(C)C(C(=O)O)=C1. The summed E-state index contributed by atoms with van der Waals surface area (Å²) in [6.07, 6.45) is 3.13. The predicted molar refractivity (Wildman–Crippen MR) is 54.4 cm³/mol. The smallest absolute Gasteiger partial charge is 0.331 e. The van der Waals surface area contributed by atoms with Crippen LogP contribution in [0.1, 0.15) is 20.8 Å². The summed E-state index contributed by atoms with van der Waals surface area (Å²) in [6, 6.07) is 0. The highest BCUT2D eigenvalue weighted by Crippen LogP contribution is 2.39. The molecule has 0 saturated heterocycles. The normalized spacial score (nSPS) is 30.5. The van der Waals surface area contributed by atoms with Gasteiger partial charge in [-0.05, 0) is 19.9 Å². The van der Waals surface area contributed by atoms with Crippen molar-refractivity contribution >= 4 is 11.9 Å². The van der Waals surface area contributed by atoms with Gasteiger partial charge in [-0.25, -0.2) is 4.79 Å². The minimum atomic E-state index is -1.13. The van der Waals surface area contributed by atoms with Crippen LogP contribution in [0.3, 0.4) is 0 Å². The second kappa shape index (κ2) is 3.53. The summed E-state index contributed by atoms with van der Waals surface area (Å²) in [5, 5.41) is 18.1. The Morgan fingerprint density at radius 3 is 2.33 bits per heavy atom. The van der Waals surface area contributed by atoms with E-state index in [4.69, 9.17) is 10.2 Å². The number of allylic oxidation sites excluding steroid dienone is 2. The van der Waals surface area contributed by atoms with Gasteiger partial charge in [0.15, 0.2) is 0 Å². The third-order valence-electron chi connectivity index (χ3n) is 2.98. The van der Waals surface area contributed by atoms with E-state index in [0.29, 0.717) is 5.57 Å². The minimum absolute atomic E-state index is 0.153. The minimum Gasteiger partial charge on any atom is -0.481 e. The van der Waals surface area contributed by atoms with Crippen LogP contribution >= 0.6 is 0 Å². The summed E-state index contributed by atoms with van der Waals surface area (Å²) in [5.41, 5.74) is -0.303. The van der Waals surface area contributed by atoms with Crippen molar-refractivity contribution in [3.8, 4) is 0 Å². The molecule has 0 heterocycles. The van der Waals surface area contributed by atoms with Gasteiger partial charge in [-0.2, -0.15) is 0 Å². The van der Waals surface area contributed by atoms with Crippen molar-refractivity contribution < 1.29 is 19.8 Å². The lowest BCUT2D eigenvalue weighted by molar-refractivity contribution is -0.147. The third kappa shape index (κ3) is 1.79. The van der Waals surface area contributed by atoms with E-state index < -0.39 is 23.3 Å². The zero-order valence-corrected chi connectivity index (χ0v) is 8.94. The first-order chi connectivity index (χ1) is 6.79. The molecule has 0 saturated carbocycles. The average Bonchev–Trinajstić information content (AvgIpc) is 2.10. The van der Waals surface area contributed by atoms with E-state index >= 15 is 0 Å². The van der Waals surface area contributed by atoms with E-state index in [0.717, 1.165) is 0 Å². The molecule has 0 aliphatic heterocycles. The van der Waals surface area contributed by atoms with Crippen LogP contribution in [0.2, 0.25) is 0 Å². The molecule has 2 unspecified atom stereocenters. The topological polar surface area (TPSA) is 74.6 Å². The van der Waals surface area contributed by atoms with Crippen molar-refractivity contribution in [3.05, 3.63) is 23.3 Å². The molecule has 0 spiro atoms. The third-order valence-corrected chi connectivity index (χ3v) is 2.98. The first-order valence-corrected chi connectivity index (χ1v) is 4.66. The predicted octanol–water partition coefficient (Wildman–Crippen LogP) is 1.68. The second-order valence-electron chi connectivity index (χ2n) is 4.10. The Morgan fingerprint density at radius 2 is 1.93 bits per heavy atom. The number of aliphatic carboxylic acids is 2. The summed E-state index contributed by atoms with van der Waals surface area (Å²) in [7, 11) is 0. The summed E-state index contributed by atoms with van der Waals surface area (Å²) in [6.45, 7) is 4.87. The fourth-order valence-electron chi connectivity index (χ4n) is 1.83. The number of hydrogen-bond acceptors (Lipinski definition) is 2. The molecule has 4 nitrogen and oxygen atoms in total. The van der Waals surface area contributed by atoms with Gasteiger partial charge < -0.3 is 10.2 Å². The summed E-state index contributed by atoms with van der Waals surface area (Å²) in [4.78, 5) is 22.1. The highest BCUT2D eigenvalue weighted by molar-refractivity contribution is 5.91. The van der Waals surface area contributed by atoms with Crippen molar-refractivity contribution in [2.75, 3.05) is 0 Å². The Morgan fingerprint density at radius 1 is 1.40 bits per heavy atom. The molecule has 82 valence electrons. The number of carbonyl (C=O) groups is 2. The Kier molecular flexibility index (Phi) is 2.71. The van der Waals surface area contributed by atoms with Gasteiger partial charge in [-0.1, -0.05) is 18.6 Å². The molecule has 1 rings (SSSR count). The molecule has 0 bridgehead atoms. The molecular formula is C11H14O4. The number of carboxylic acid groups (broad SMARTS) is 2. The van der Waals surface area contributed by atoms with E-state index in [1.807, 2.05) is 0 Å². The standard InChI is InChI=1S/C11H14O4/c1-6-4-8(9(12)13)7(2)11(3,5-6)10(14)15/h4-5,7H,1-3H3,(H,12,13)(H,14,15). The molecule has 0 aromatic heterocycles. The molecule has 4 heteroatoms. The largest absolute Gasteiger partial charge is 0.481 e. The van der Waals surface area contributed by atoms with Crippen molar-refractivity contribution in [1.82, 2.24) is 0 Å². The van der Waals surface area contributed by atoms with Crippen LogP contribution < -0.4 is 0 Å². The van der Waals surface area contributed by atoms with E-state index in [2.05, 4.69) is 0 Å². The monoisotopic (exact) mass is 210 g/mol. The van der Waals surface area contributed by atoms with Crippen LogP contribution in [-0.2, 0) is 9.59 Å². The average molecular weight is 210 g/mol. The van der Waals surface area contributed by atoms with Gasteiger partial charge in [-0.3, -0.25) is 4.79 Å². The molecule has 0 radical (unpaired) electrons. The van der Waals surface area contributed by atoms with Gasteiger partial charge >= 0.3 is 11.9 Å². The molecule has 0 amide bonds. The van der Waals surface area contributed by atoms with Crippen molar-refractivity contribution in [2.24, 2.45) is 11.3 Å². The fraction of sp³-hybridized carbons (Fsp3) is 0.455. The molecule has 0 aromatic carbocycles. The Bertz CT molecular complexity index is 378. The molecule has 0 aromatic rings. The maximum atomic E-state index is 11.1. The zero-order chi connectivity index (χ0) is 11.8. The highest BCUT2D eigenvalue weighted by Gasteiger charge is 2.42. The van der Waals surface area contributed by atoms with E-state index in [1.165, 1.54) is 6.08 Å². The second-order valence-corrected chi connectivity index (χ2v) is 4.10. The summed E-state index contributed by atoms with van der Waals surface area (Å²) in [5.74, 6) is -2.58. The fourth-order valence-corrected chi connectivity index (χ4v) is 1.83. The Hall–Kier alpha value is -1.58. The van der Waals surface area contributed by atoms with Gasteiger partial charge in [0, 0.05) is 11.5 Å². The summed E-state index contributed by atoms with van der Waals surface area (Å²) >= 11 is 0. The maximum absolute atomic E-state index is 11.1. The van der Waals surface area contributed by atoms with Crippen LogP contribution in [-0.4, -0.2) is 22.2 Å². The van der Waals surface area contributed by atoms with Gasteiger partial charge in [-0.15, -0.1) is 0 Å². The van der Waals surface area contributed by atoms with Crippen molar-refractivity contribution in [1.29, 1.82) is 0 Å². The molecule has 15 heavy (non-hydrogen) atoms. The maximum Gasteiger partial charge on any atom is 0.331 e. The Labute approximate surface area is 87.9 Å². The lowest BCUT2D eigenvalue weighted by atomic mass is 9.70. The first kappa shape index (κ1) is 11.5.